The highest BCUT2D eigenvalue weighted by Gasteiger charge is 2.26. The second-order valence-electron chi connectivity index (χ2n) is 8.38. The van der Waals surface area contributed by atoms with Crippen molar-refractivity contribution in [1.82, 2.24) is 25.2 Å². The van der Waals surface area contributed by atoms with E-state index >= 15 is 0 Å². The zero-order valence-corrected chi connectivity index (χ0v) is 18.0. The number of nitrogens with one attached hydrogen (secondary N) is 1. The number of aromatic nitrogens is 3. The van der Waals surface area contributed by atoms with Gasteiger partial charge in [-0.3, -0.25) is 9.78 Å². The molecule has 0 radical (unpaired) electrons. The number of amides is 1. The first kappa shape index (κ1) is 20.5. The fourth-order valence-electron chi connectivity index (χ4n) is 3.60. The maximum Gasteiger partial charge on any atom is 0.239 e. The third kappa shape index (κ3) is 5.05. The largest absolute Gasteiger partial charge is 0.492 e. The smallest absolute Gasteiger partial charge is 0.239 e. The third-order valence-electron chi connectivity index (χ3n) is 5.36. The van der Waals surface area contributed by atoms with Crippen LogP contribution >= 0.6 is 0 Å². The van der Waals surface area contributed by atoms with Crippen LogP contribution in [0, 0.1) is 0 Å². The minimum Gasteiger partial charge on any atom is -0.492 e. The van der Waals surface area contributed by atoms with Gasteiger partial charge >= 0.3 is 0 Å². The summed E-state index contributed by atoms with van der Waals surface area (Å²) in [7, 11) is 5.96. The first-order valence-electron chi connectivity index (χ1n) is 10.6. The Morgan fingerprint density at radius 2 is 2.07 bits per heavy atom. The first-order valence-corrected chi connectivity index (χ1v) is 10.6. The summed E-state index contributed by atoms with van der Waals surface area (Å²) >= 11 is 0. The Labute approximate surface area is 177 Å². The summed E-state index contributed by atoms with van der Waals surface area (Å²) in [5.41, 5.74) is 2.90. The van der Waals surface area contributed by atoms with Gasteiger partial charge < -0.3 is 19.9 Å². The lowest BCUT2D eigenvalue weighted by Gasteiger charge is -2.21. The second kappa shape index (κ2) is 8.95. The summed E-state index contributed by atoms with van der Waals surface area (Å²) < 4.78 is 5.84. The van der Waals surface area contributed by atoms with Crippen molar-refractivity contribution in [3.05, 3.63) is 29.6 Å². The fourth-order valence-corrected chi connectivity index (χ4v) is 3.60. The normalized spacial score (nSPS) is 15.2. The topological polar surface area (TPSA) is 83.5 Å². The average Bonchev–Trinajstić information content (AvgIpc) is 3.39. The Balaban J connectivity index is 1.55. The predicted molar refractivity (Wildman–Crippen MR) is 116 cm³/mol. The summed E-state index contributed by atoms with van der Waals surface area (Å²) in [6.07, 6.45) is 6.83. The van der Waals surface area contributed by atoms with Gasteiger partial charge in [0.05, 0.1) is 6.54 Å². The molecule has 0 unspecified atom stereocenters. The molecule has 2 heterocycles. The molecule has 2 aromatic heterocycles. The molecule has 1 N–H and O–H groups in total. The highest BCUT2D eigenvalue weighted by atomic mass is 16.5. The number of carbonyl (C=O) groups is 1. The Morgan fingerprint density at radius 3 is 2.83 bits per heavy atom. The number of aryl methyl sites for hydroxylation is 1. The number of nitrogens with zero attached hydrogens (tertiary/aromatic N) is 5. The molecule has 0 bridgehead atoms. The molecule has 8 nitrogen and oxygen atoms in total. The SMILES string of the molecule is CN(C)CCOc1ccnc(-c2nc3c(c(N(C)CC(=O)NC4CC4)n2)CCC3)c1. The zero-order chi connectivity index (χ0) is 21.1. The summed E-state index contributed by atoms with van der Waals surface area (Å²) in [5, 5.41) is 3.05. The quantitative estimate of drug-likeness (QED) is 0.673. The van der Waals surface area contributed by atoms with Gasteiger partial charge in [-0.25, -0.2) is 9.97 Å². The number of hydrogen-bond donors (Lipinski definition) is 1. The van der Waals surface area contributed by atoms with Crippen LogP contribution in [0.5, 0.6) is 5.75 Å². The second-order valence-corrected chi connectivity index (χ2v) is 8.38. The van der Waals surface area contributed by atoms with Gasteiger partial charge in [-0.15, -0.1) is 0 Å². The molecule has 160 valence electrons. The van der Waals surface area contributed by atoms with E-state index in [1.807, 2.05) is 38.2 Å². The molecule has 2 aliphatic rings. The Bertz CT molecular complexity index is 912. The Morgan fingerprint density at radius 1 is 1.23 bits per heavy atom. The van der Waals surface area contributed by atoms with E-state index in [9.17, 15) is 4.79 Å². The Kier molecular flexibility index (Phi) is 6.13. The van der Waals surface area contributed by atoms with Gasteiger partial charge in [0.2, 0.25) is 5.91 Å². The lowest BCUT2D eigenvalue weighted by molar-refractivity contribution is -0.119. The number of hydrogen-bond acceptors (Lipinski definition) is 7. The predicted octanol–water partition coefficient (Wildman–Crippen LogP) is 1.68. The molecular weight excluding hydrogens is 380 g/mol. The van der Waals surface area contributed by atoms with Crippen LogP contribution in [0.4, 0.5) is 5.82 Å². The minimum atomic E-state index is 0.0429. The van der Waals surface area contributed by atoms with Crippen LogP contribution in [0.25, 0.3) is 11.5 Å². The number of ether oxygens (including phenoxy) is 1. The van der Waals surface area contributed by atoms with Gasteiger partial charge in [-0.1, -0.05) is 0 Å². The molecule has 1 saturated carbocycles. The van der Waals surface area contributed by atoms with Crippen LogP contribution in [-0.2, 0) is 17.6 Å². The molecule has 2 aliphatic carbocycles. The standard InChI is InChI=1S/C22H30N6O2/c1-27(2)11-12-30-16-9-10-23-19(13-16)21-25-18-6-4-5-17(18)22(26-21)28(3)14-20(29)24-15-7-8-15/h9-10,13,15H,4-8,11-12,14H2,1-3H3,(H,24,29). The van der Waals surface area contributed by atoms with Crippen molar-refractivity contribution in [2.45, 2.75) is 38.1 Å². The van der Waals surface area contributed by atoms with Crippen molar-refractivity contribution < 1.29 is 9.53 Å². The number of likely N-dealkylation sites (N-methyl/N-ethyl adjacent to an activating group) is 2. The minimum absolute atomic E-state index is 0.0429. The monoisotopic (exact) mass is 410 g/mol. The molecule has 30 heavy (non-hydrogen) atoms. The average molecular weight is 411 g/mol. The fraction of sp³-hybridized carbons (Fsp3) is 0.545. The van der Waals surface area contributed by atoms with E-state index in [4.69, 9.17) is 14.7 Å². The molecule has 2 aromatic rings. The van der Waals surface area contributed by atoms with E-state index in [0.29, 0.717) is 30.7 Å². The third-order valence-corrected chi connectivity index (χ3v) is 5.36. The van der Waals surface area contributed by atoms with E-state index in [-0.39, 0.29) is 5.91 Å². The van der Waals surface area contributed by atoms with Crippen molar-refractivity contribution in [3.63, 3.8) is 0 Å². The number of fused-ring (bicyclic) bond motifs is 1. The molecule has 1 fully saturated rings. The summed E-state index contributed by atoms with van der Waals surface area (Å²) in [4.78, 5) is 30.4. The molecule has 0 aliphatic heterocycles. The molecule has 1 amide bonds. The van der Waals surface area contributed by atoms with E-state index in [1.54, 1.807) is 6.20 Å². The van der Waals surface area contributed by atoms with Crippen molar-refractivity contribution in [2.75, 3.05) is 45.7 Å². The maximum absolute atomic E-state index is 12.3. The number of rotatable bonds is 9. The lowest BCUT2D eigenvalue weighted by atomic mass is 10.2. The number of carbonyl (C=O) groups excluding carboxylic acids is 1. The summed E-state index contributed by atoms with van der Waals surface area (Å²) in [6.45, 7) is 1.73. The van der Waals surface area contributed by atoms with Crippen LogP contribution in [0.3, 0.4) is 0 Å². The molecule has 4 rings (SSSR count). The van der Waals surface area contributed by atoms with Crippen LogP contribution in [0.1, 0.15) is 30.5 Å². The van der Waals surface area contributed by atoms with Crippen molar-refractivity contribution in [3.8, 4) is 17.3 Å². The van der Waals surface area contributed by atoms with E-state index in [2.05, 4.69) is 15.2 Å². The van der Waals surface area contributed by atoms with Crippen molar-refractivity contribution in [2.24, 2.45) is 0 Å². The van der Waals surface area contributed by atoms with Crippen molar-refractivity contribution in [1.29, 1.82) is 0 Å². The van der Waals surface area contributed by atoms with Crippen molar-refractivity contribution >= 4 is 11.7 Å². The van der Waals surface area contributed by atoms with Crippen LogP contribution in [0.15, 0.2) is 18.3 Å². The van der Waals surface area contributed by atoms with E-state index in [1.165, 1.54) is 0 Å². The zero-order valence-electron chi connectivity index (χ0n) is 18.0. The maximum atomic E-state index is 12.3. The van der Waals surface area contributed by atoms with E-state index < -0.39 is 0 Å². The molecular formula is C22H30N6O2. The number of anilines is 1. The van der Waals surface area contributed by atoms with Gasteiger partial charge in [-0.2, -0.15) is 0 Å². The number of pyridine rings is 1. The lowest BCUT2D eigenvalue weighted by Crippen LogP contribution is -2.37. The Hall–Kier alpha value is -2.74. The first-order chi connectivity index (χ1) is 14.5. The van der Waals surface area contributed by atoms with Crippen LogP contribution < -0.4 is 15.0 Å². The van der Waals surface area contributed by atoms with E-state index in [0.717, 1.165) is 61.5 Å². The van der Waals surface area contributed by atoms with Gasteiger partial charge in [0.25, 0.3) is 0 Å². The van der Waals surface area contributed by atoms with Crippen LogP contribution in [0.2, 0.25) is 0 Å². The summed E-state index contributed by atoms with van der Waals surface area (Å²) in [6, 6.07) is 4.09. The van der Waals surface area contributed by atoms with Gasteiger partial charge in [0.1, 0.15) is 23.9 Å². The highest BCUT2D eigenvalue weighted by molar-refractivity contribution is 5.82. The van der Waals surface area contributed by atoms with Gasteiger partial charge in [0.15, 0.2) is 5.82 Å². The highest BCUT2D eigenvalue weighted by Crippen LogP contribution is 2.31. The molecule has 8 heteroatoms. The molecule has 0 aromatic carbocycles. The summed E-state index contributed by atoms with van der Waals surface area (Å²) in [5.74, 6) is 2.21. The molecule has 0 saturated heterocycles. The van der Waals surface area contributed by atoms with Crippen LogP contribution in [-0.4, -0.2) is 72.6 Å². The van der Waals surface area contributed by atoms with Gasteiger partial charge in [0, 0.05) is 43.2 Å². The van der Waals surface area contributed by atoms with Gasteiger partial charge in [-0.05, 0) is 52.3 Å². The molecule has 0 spiro atoms. The molecule has 0 atom stereocenters.